The van der Waals surface area contributed by atoms with Crippen molar-refractivity contribution < 1.29 is 0 Å². The quantitative estimate of drug-likeness (QED) is 0.426. The highest BCUT2D eigenvalue weighted by Crippen LogP contribution is 2.18. The molecule has 5 heteroatoms. The lowest BCUT2D eigenvalue weighted by Gasteiger charge is -2.01. The number of hydrogen-bond acceptors (Lipinski definition) is 4. The molecule has 0 atom stereocenters. The maximum absolute atomic E-state index is 10.9. The first-order valence-corrected chi connectivity index (χ1v) is 5.75. The Balaban J connectivity index is 1.71. The number of rotatable bonds is 5. The van der Waals surface area contributed by atoms with Crippen LogP contribution in [-0.2, 0) is 0 Å². The van der Waals surface area contributed by atoms with Gasteiger partial charge in [-0.1, -0.05) is 11.8 Å². The van der Waals surface area contributed by atoms with Gasteiger partial charge in [0.1, 0.15) is 0 Å². The van der Waals surface area contributed by atoms with Crippen LogP contribution in [0.3, 0.4) is 0 Å². The zero-order valence-electron chi connectivity index (χ0n) is 7.82. The van der Waals surface area contributed by atoms with Gasteiger partial charge < -0.3 is 10.3 Å². The van der Waals surface area contributed by atoms with Crippen molar-refractivity contribution in [2.75, 3.05) is 12.3 Å². The van der Waals surface area contributed by atoms with Crippen LogP contribution >= 0.6 is 11.8 Å². The average Bonchev–Trinajstić information content (AvgIpc) is 2.96. The molecule has 0 radical (unpaired) electrons. The smallest absolute Gasteiger partial charge is 0.251 e. The van der Waals surface area contributed by atoms with E-state index in [1.165, 1.54) is 25.1 Å². The summed E-state index contributed by atoms with van der Waals surface area (Å²) in [7, 11) is 0. The summed E-state index contributed by atoms with van der Waals surface area (Å²) >= 11 is 1.58. The second kappa shape index (κ2) is 4.61. The molecule has 0 saturated heterocycles. The van der Waals surface area contributed by atoms with Gasteiger partial charge in [-0.2, -0.15) is 0 Å². The second-order valence-electron chi connectivity index (χ2n) is 3.32. The van der Waals surface area contributed by atoms with Crippen molar-refractivity contribution in [2.45, 2.75) is 24.0 Å². The number of aromatic nitrogens is 2. The highest BCUT2D eigenvalue weighted by molar-refractivity contribution is 7.99. The van der Waals surface area contributed by atoms with Crippen LogP contribution in [0.15, 0.2) is 22.2 Å². The van der Waals surface area contributed by atoms with E-state index >= 15 is 0 Å². The first kappa shape index (κ1) is 9.73. The van der Waals surface area contributed by atoms with Crippen molar-refractivity contribution in [2.24, 2.45) is 0 Å². The van der Waals surface area contributed by atoms with Crippen molar-refractivity contribution in [1.29, 1.82) is 0 Å². The summed E-state index contributed by atoms with van der Waals surface area (Å²) in [5, 5.41) is 4.10. The minimum Gasteiger partial charge on any atom is -0.313 e. The number of nitrogens with zero attached hydrogens (tertiary/aromatic N) is 1. The lowest BCUT2D eigenvalue weighted by Crippen LogP contribution is -2.19. The van der Waals surface area contributed by atoms with E-state index in [0.29, 0.717) is 5.16 Å². The van der Waals surface area contributed by atoms with Crippen molar-refractivity contribution in [1.82, 2.24) is 15.3 Å². The fourth-order valence-electron chi connectivity index (χ4n) is 1.12. The van der Waals surface area contributed by atoms with Crippen molar-refractivity contribution in [3.63, 3.8) is 0 Å². The molecule has 14 heavy (non-hydrogen) atoms. The van der Waals surface area contributed by atoms with Gasteiger partial charge in [-0.25, -0.2) is 4.98 Å². The molecule has 76 valence electrons. The van der Waals surface area contributed by atoms with Gasteiger partial charge in [0, 0.05) is 30.6 Å². The van der Waals surface area contributed by atoms with E-state index in [-0.39, 0.29) is 5.56 Å². The molecule has 1 aliphatic carbocycles. The van der Waals surface area contributed by atoms with Gasteiger partial charge in [-0.3, -0.25) is 4.79 Å². The summed E-state index contributed by atoms with van der Waals surface area (Å²) in [4.78, 5) is 17.6. The highest BCUT2D eigenvalue weighted by Gasteiger charge is 2.19. The second-order valence-corrected chi connectivity index (χ2v) is 4.40. The number of H-pyrrole nitrogens is 1. The van der Waals surface area contributed by atoms with E-state index in [1.807, 2.05) is 0 Å². The van der Waals surface area contributed by atoms with Crippen LogP contribution in [0.1, 0.15) is 12.8 Å². The van der Waals surface area contributed by atoms with E-state index in [1.54, 1.807) is 11.8 Å². The van der Waals surface area contributed by atoms with Crippen molar-refractivity contribution in [3.8, 4) is 0 Å². The fraction of sp³-hybridized carbons (Fsp3) is 0.556. The molecule has 4 nitrogen and oxygen atoms in total. The molecule has 1 saturated carbocycles. The molecule has 1 heterocycles. The summed E-state index contributed by atoms with van der Waals surface area (Å²) < 4.78 is 0. The van der Waals surface area contributed by atoms with Crippen LogP contribution < -0.4 is 10.9 Å². The zero-order valence-corrected chi connectivity index (χ0v) is 8.64. The Morgan fingerprint density at radius 2 is 2.50 bits per heavy atom. The monoisotopic (exact) mass is 211 g/mol. The van der Waals surface area contributed by atoms with Crippen molar-refractivity contribution >= 4 is 11.8 Å². The van der Waals surface area contributed by atoms with Crippen LogP contribution in [0.25, 0.3) is 0 Å². The molecule has 0 spiro atoms. The fourth-order valence-corrected chi connectivity index (χ4v) is 1.84. The molecule has 0 amide bonds. The van der Waals surface area contributed by atoms with Crippen molar-refractivity contribution in [3.05, 3.63) is 22.6 Å². The topological polar surface area (TPSA) is 57.8 Å². The average molecular weight is 211 g/mol. The number of aromatic amines is 1. The normalized spacial score (nSPS) is 15.7. The Hall–Kier alpha value is -0.810. The number of nitrogens with one attached hydrogen (secondary N) is 2. The predicted octanol–water partition coefficient (Wildman–Crippen LogP) is 0.614. The van der Waals surface area contributed by atoms with Gasteiger partial charge in [0.25, 0.3) is 5.56 Å². The molecule has 1 aromatic rings. The third-order valence-corrected chi connectivity index (χ3v) is 2.89. The minimum atomic E-state index is -0.0855. The standard InChI is InChI=1S/C9H13N3OS/c13-8-3-4-11-9(12-8)14-6-5-10-7-1-2-7/h3-4,7,10H,1-2,5-6H2,(H,11,12,13). The van der Waals surface area contributed by atoms with Gasteiger partial charge in [0.05, 0.1) is 0 Å². The summed E-state index contributed by atoms with van der Waals surface area (Å²) in [5.41, 5.74) is -0.0855. The summed E-state index contributed by atoms with van der Waals surface area (Å²) in [5.74, 6) is 0.948. The maximum atomic E-state index is 10.9. The van der Waals surface area contributed by atoms with E-state index < -0.39 is 0 Å². The molecule has 1 aromatic heterocycles. The molecule has 1 aliphatic rings. The first-order valence-electron chi connectivity index (χ1n) is 4.76. The lowest BCUT2D eigenvalue weighted by molar-refractivity contribution is 0.725. The van der Waals surface area contributed by atoms with E-state index in [0.717, 1.165) is 18.3 Å². The van der Waals surface area contributed by atoms with Gasteiger partial charge >= 0.3 is 0 Å². The lowest BCUT2D eigenvalue weighted by atomic mass is 10.6. The largest absolute Gasteiger partial charge is 0.313 e. The van der Waals surface area contributed by atoms with Gasteiger partial charge in [-0.15, -0.1) is 0 Å². The maximum Gasteiger partial charge on any atom is 0.251 e. The van der Waals surface area contributed by atoms with Gasteiger partial charge in [0.15, 0.2) is 5.16 Å². The Morgan fingerprint density at radius 1 is 1.64 bits per heavy atom. The Labute approximate surface area is 86.5 Å². The minimum absolute atomic E-state index is 0.0855. The van der Waals surface area contributed by atoms with E-state index in [9.17, 15) is 4.79 Å². The third-order valence-electron chi connectivity index (χ3n) is 2.00. The summed E-state index contributed by atoms with van der Waals surface area (Å²) in [6.07, 6.45) is 4.16. The molecule has 2 N–H and O–H groups in total. The Bertz CT molecular complexity index is 348. The summed E-state index contributed by atoms with van der Waals surface area (Å²) in [6, 6.07) is 2.17. The van der Waals surface area contributed by atoms with Gasteiger partial charge in [0.2, 0.25) is 0 Å². The number of thioether (sulfide) groups is 1. The van der Waals surface area contributed by atoms with Crippen LogP contribution in [0.5, 0.6) is 0 Å². The zero-order chi connectivity index (χ0) is 9.80. The molecular formula is C9H13N3OS. The molecule has 0 aliphatic heterocycles. The number of hydrogen-bond donors (Lipinski definition) is 2. The van der Waals surface area contributed by atoms with E-state index in [4.69, 9.17) is 0 Å². The van der Waals surface area contributed by atoms with Crippen LogP contribution in [0.4, 0.5) is 0 Å². The Kier molecular flexibility index (Phi) is 3.21. The third kappa shape index (κ3) is 3.16. The first-order chi connectivity index (χ1) is 6.84. The summed E-state index contributed by atoms with van der Waals surface area (Å²) in [6.45, 7) is 0.980. The van der Waals surface area contributed by atoms with E-state index in [2.05, 4.69) is 15.3 Å². The molecule has 0 bridgehead atoms. The highest BCUT2D eigenvalue weighted by atomic mass is 32.2. The van der Waals surface area contributed by atoms with Gasteiger partial charge in [-0.05, 0) is 12.8 Å². The predicted molar refractivity (Wildman–Crippen MR) is 56.6 cm³/mol. The molecule has 2 rings (SSSR count). The Morgan fingerprint density at radius 3 is 3.21 bits per heavy atom. The van der Waals surface area contributed by atoms with Crippen LogP contribution in [0, 0.1) is 0 Å². The molecule has 1 fully saturated rings. The van der Waals surface area contributed by atoms with Crippen LogP contribution in [-0.4, -0.2) is 28.3 Å². The molecular weight excluding hydrogens is 198 g/mol. The van der Waals surface area contributed by atoms with Crippen LogP contribution in [0.2, 0.25) is 0 Å². The SMILES string of the molecule is O=c1ccnc(SCCNC2CC2)[nH]1. The molecule has 0 aromatic carbocycles. The molecule has 0 unspecified atom stereocenters.